The Kier molecular flexibility index (Phi) is 3.63. The van der Waals surface area contributed by atoms with Gasteiger partial charge in [-0.2, -0.15) is 0 Å². The Morgan fingerprint density at radius 2 is 1.62 bits per heavy atom. The summed E-state index contributed by atoms with van der Waals surface area (Å²) in [4.78, 5) is 2.55. The molecule has 1 aromatic rings. The quantitative estimate of drug-likeness (QED) is 0.876. The molecule has 116 valence electrons. The number of piperidine rings is 1. The summed E-state index contributed by atoms with van der Waals surface area (Å²) in [6, 6.07) is 10.8. The molecule has 2 aliphatic heterocycles. The molecule has 2 saturated heterocycles. The van der Waals surface area contributed by atoms with Crippen molar-refractivity contribution in [2.24, 2.45) is 0 Å². The maximum atomic E-state index is 3.84. The van der Waals surface area contributed by atoms with Crippen molar-refractivity contribution in [1.29, 1.82) is 0 Å². The standard InChI is InChI=1S/C18H29N3/c1-16(2)11-18(12-17(3,4)20-16)13-21(14-19-18)10-15-8-6-5-7-9-15/h5-9,19-20H,10-14H2,1-4H3. The van der Waals surface area contributed by atoms with E-state index in [0.29, 0.717) is 0 Å². The van der Waals surface area contributed by atoms with Gasteiger partial charge in [0.05, 0.1) is 0 Å². The van der Waals surface area contributed by atoms with Crippen LogP contribution in [0.2, 0.25) is 0 Å². The monoisotopic (exact) mass is 287 g/mol. The van der Waals surface area contributed by atoms with Gasteiger partial charge < -0.3 is 5.32 Å². The Morgan fingerprint density at radius 1 is 1.00 bits per heavy atom. The van der Waals surface area contributed by atoms with Crippen LogP contribution in [0.25, 0.3) is 0 Å². The zero-order valence-electron chi connectivity index (χ0n) is 13.9. The highest BCUT2D eigenvalue weighted by molar-refractivity contribution is 5.16. The summed E-state index contributed by atoms with van der Waals surface area (Å²) in [6.45, 7) is 12.5. The van der Waals surface area contributed by atoms with Crippen molar-refractivity contribution in [3.63, 3.8) is 0 Å². The third kappa shape index (κ3) is 3.47. The molecule has 0 aromatic heterocycles. The lowest BCUT2D eigenvalue weighted by Gasteiger charge is -2.51. The van der Waals surface area contributed by atoms with E-state index >= 15 is 0 Å². The van der Waals surface area contributed by atoms with Crippen LogP contribution in [0, 0.1) is 0 Å². The van der Waals surface area contributed by atoms with E-state index in [0.717, 1.165) is 19.8 Å². The van der Waals surface area contributed by atoms with Crippen LogP contribution in [-0.4, -0.2) is 34.7 Å². The van der Waals surface area contributed by atoms with Crippen LogP contribution in [-0.2, 0) is 6.54 Å². The number of rotatable bonds is 2. The molecule has 0 bridgehead atoms. The lowest BCUT2D eigenvalue weighted by Crippen LogP contribution is -2.67. The second kappa shape index (κ2) is 5.08. The Hall–Kier alpha value is -0.900. The van der Waals surface area contributed by atoms with Gasteiger partial charge in [0.1, 0.15) is 0 Å². The fraction of sp³-hybridized carbons (Fsp3) is 0.667. The van der Waals surface area contributed by atoms with Gasteiger partial charge in [-0.1, -0.05) is 30.3 Å². The van der Waals surface area contributed by atoms with Crippen LogP contribution in [0.1, 0.15) is 46.1 Å². The Morgan fingerprint density at radius 3 is 2.24 bits per heavy atom. The van der Waals surface area contributed by atoms with E-state index in [4.69, 9.17) is 0 Å². The number of hydrogen-bond donors (Lipinski definition) is 2. The van der Waals surface area contributed by atoms with Crippen molar-refractivity contribution >= 4 is 0 Å². The van der Waals surface area contributed by atoms with Crippen LogP contribution in [0.3, 0.4) is 0 Å². The average Bonchev–Trinajstić information content (AvgIpc) is 2.68. The second-order valence-electron chi connectivity index (χ2n) is 8.33. The fourth-order valence-corrected chi connectivity index (χ4v) is 4.77. The molecule has 0 aliphatic carbocycles. The maximum Gasteiger partial charge on any atom is 0.0489 e. The first-order chi connectivity index (χ1) is 9.78. The summed E-state index contributed by atoms with van der Waals surface area (Å²) >= 11 is 0. The van der Waals surface area contributed by atoms with Gasteiger partial charge in [0, 0.05) is 36.4 Å². The minimum absolute atomic E-state index is 0.192. The van der Waals surface area contributed by atoms with E-state index in [1.54, 1.807) is 0 Å². The van der Waals surface area contributed by atoms with E-state index in [2.05, 4.69) is 73.6 Å². The molecule has 21 heavy (non-hydrogen) atoms. The molecular weight excluding hydrogens is 258 g/mol. The normalized spacial score (nSPS) is 27.0. The van der Waals surface area contributed by atoms with E-state index < -0.39 is 0 Å². The summed E-state index contributed by atoms with van der Waals surface area (Å²) in [7, 11) is 0. The van der Waals surface area contributed by atoms with Crippen molar-refractivity contribution in [3.8, 4) is 0 Å². The van der Waals surface area contributed by atoms with Gasteiger partial charge in [-0.15, -0.1) is 0 Å². The molecule has 3 rings (SSSR count). The third-order valence-electron chi connectivity index (χ3n) is 4.69. The number of nitrogens with zero attached hydrogens (tertiary/aromatic N) is 1. The predicted octanol–water partition coefficient (Wildman–Crippen LogP) is 2.73. The van der Waals surface area contributed by atoms with Gasteiger partial charge >= 0.3 is 0 Å². The molecule has 3 heteroatoms. The minimum atomic E-state index is 0.192. The van der Waals surface area contributed by atoms with E-state index in [1.807, 2.05) is 0 Å². The summed E-state index contributed by atoms with van der Waals surface area (Å²) in [5, 5.41) is 7.63. The second-order valence-corrected chi connectivity index (χ2v) is 8.33. The maximum absolute atomic E-state index is 3.84. The van der Waals surface area contributed by atoms with Crippen molar-refractivity contribution in [3.05, 3.63) is 35.9 Å². The van der Waals surface area contributed by atoms with E-state index in [9.17, 15) is 0 Å². The van der Waals surface area contributed by atoms with Crippen molar-refractivity contribution in [2.45, 2.75) is 63.7 Å². The molecule has 1 aromatic carbocycles. The van der Waals surface area contributed by atoms with Crippen LogP contribution < -0.4 is 10.6 Å². The first-order valence-corrected chi connectivity index (χ1v) is 8.08. The van der Waals surface area contributed by atoms with Crippen molar-refractivity contribution in [1.82, 2.24) is 15.5 Å². The molecule has 2 N–H and O–H groups in total. The lowest BCUT2D eigenvalue weighted by atomic mass is 9.71. The summed E-state index contributed by atoms with van der Waals surface area (Å²) < 4.78 is 0. The molecule has 0 atom stereocenters. The summed E-state index contributed by atoms with van der Waals surface area (Å²) in [6.07, 6.45) is 2.38. The van der Waals surface area contributed by atoms with E-state index in [1.165, 1.54) is 18.4 Å². The van der Waals surface area contributed by atoms with Gasteiger partial charge in [-0.25, -0.2) is 0 Å². The van der Waals surface area contributed by atoms with Gasteiger partial charge in [-0.3, -0.25) is 10.2 Å². The average molecular weight is 287 g/mol. The van der Waals surface area contributed by atoms with Crippen molar-refractivity contribution < 1.29 is 0 Å². The topological polar surface area (TPSA) is 27.3 Å². The summed E-state index contributed by atoms with van der Waals surface area (Å²) in [5.41, 5.74) is 2.05. The molecule has 2 aliphatic rings. The molecular formula is C18H29N3. The molecule has 2 heterocycles. The number of nitrogens with one attached hydrogen (secondary N) is 2. The molecule has 3 nitrogen and oxygen atoms in total. The number of benzene rings is 1. The smallest absolute Gasteiger partial charge is 0.0489 e. The van der Waals surface area contributed by atoms with Crippen LogP contribution >= 0.6 is 0 Å². The van der Waals surface area contributed by atoms with Gasteiger partial charge in [0.2, 0.25) is 0 Å². The molecule has 1 spiro atoms. The Labute approximate surface area is 129 Å². The zero-order valence-corrected chi connectivity index (χ0v) is 13.9. The zero-order chi connectivity index (χ0) is 15.1. The highest BCUT2D eigenvalue weighted by Crippen LogP contribution is 2.38. The molecule has 0 unspecified atom stereocenters. The third-order valence-corrected chi connectivity index (χ3v) is 4.69. The van der Waals surface area contributed by atoms with Crippen LogP contribution in [0.15, 0.2) is 30.3 Å². The number of hydrogen-bond acceptors (Lipinski definition) is 3. The Bertz CT molecular complexity index is 476. The first-order valence-electron chi connectivity index (χ1n) is 8.08. The van der Waals surface area contributed by atoms with Gasteiger partial charge in [0.25, 0.3) is 0 Å². The highest BCUT2D eigenvalue weighted by atomic mass is 15.3. The predicted molar refractivity (Wildman–Crippen MR) is 88.1 cm³/mol. The summed E-state index contributed by atoms with van der Waals surface area (Å²) in [5.74, 6) is 0. The Balaban J connectivity index is 1.70. The molecule has 0 radical (unpaired) electrons. The van der Waals surface area contributed by atoms with Gasteiger partial charge in [0.15, 0.2) is 0 Å². The fourth-order valence-electron chi connectivity index (χ4n) is 4.77. The lowest BCUT2D eigenvalue weighted by molar-refractivity contribution is 0.0936. The first kappa shape index (κ1) is 15.0. The highest BCUT2D eigenvalue weighted by Gasteiger charge is 2.49. The largest absolute Gasteiger partial charge is 0.307 e. The van der Waals surface area contributed by atoms with Crippen molar-refractivity contribution in [2.75, 3.05) is 13.2 Å². The van der Waals surface area contributed by atoms with Gasteiger partial charge in [-0.05, 0) is 46.1 Å². The van der Waals surface area contributed by atoms with Crippen LogP contribution in [0.5, 0.6) is 0 Å². The van der Waals surface area contributed by atoms with Crippen LogP contribution in [0.4, 0.5) is 0 Å². The molecule has 0 amide bonds. The molecule has 2 fully saturated rings. The molecule has 0 saturated carbocycles. The SMILES string of the molecule is CC1(C)CC2(CN(Cc3ccccc3)CN2)CC(C)(C)N1. The minimum Gasteiger partial charge on any atom is -0.307 e. The van der Waals surface area contributed by atoms with E-state index in [-0.39, 0.29) is 16.6 Å².